The highest BCUT2D eigenvalue weighted by molar-refractivity contribution is 6.01. The number of aromatic hydroxyl groups is 1. The number of benzene rings is 2. The smallest absolute Gasteiger partial charge is 0.337 e. The summed E-state index contributed by atoms with van der Waals surface area (Å²) >= 11 is 0. The van der Waals surface area contributed by atoms with Crippen LogP contribution < -0.4 is 0 Å². The van der Waals surface area contributed by atoms with E-state index in [1.807, 2.05) is 13.0 Å². The third-order valence-electron chi connectivity index (χ3n) is 3.76. The van der Waals surface area contributed by atoms with Gasteiger partial charge in [0.2, 0.25) is 0 Å². The average molecular weight is 312 g/mol. The van der Waals surface area contributed by atoms with Crippen LogP contribution in [0.4, 0.5) is 0 Å². The molecule has 0 heterocycles. The van der Waals surface area contributed by atoms with E-state index in [0.717, 1.165) is 12.0 Å². The first-order valence-corrected chi connectivity index (χ1v) is 7.58. The van der Waals surface area contributed by atoms with Gasteiger partial charge in [-0.2, -0.15) is 0 Å². The van der Waals surface area contributed by atoms with Gasteiger partial charge >= 0.3 is 5.97 Å². The van der Waals surface area contributed by atoms with Gasteiger partial charge in [0.1, 0.15) is 5.75 Å². The highest BCUT2D eigenvalue weighted by atomic mass is 16.5. The molecule has 2 rings (SSSR count). The van der Waals surface area contributed by atoms with Crippen LogP contribution in [0.25, 0.3) is 0 Å². The Morgan fingerprint density at radius 2 is 1.78 bits per heavy atom. The largest absolute Gasteiger partial charge is 0.508 e. The fraction of sp³-hybridized carbons (Fsp3) is 0.263. The van der Waals surface area contributed by atoms with Crippen molar-refractivity contribution in [1.82, 2.24) is 0 Å². The Bertz CT molecular complexity index is 689. The summed E-state index contributed by atoms with van der Waals surface area (Å²) in [6, 6.07) is 13.2. The molecule has 0 bridgehead atoms. The molecule has 0 aliphatic carbocycles. The van der Waals surface area contributed by atoms with Crippen molar-refractivity contribution in [2.45, 2.75) is 25.7 Å². The van der Waals surface area contributed by atoms with Crippen LogP contribution in [0.5, 0.6) is 5.75 Å². The molecule has 0 fully saturated rings. The van der Waals surface area contributed by atoms with E-state index < -0.39 is 5.97 Å². The lowest BCUT2D eigenvalue weighted by Crippen LogP contribution is -2.14. The molecule has 23 heavy (non-hydrogen) atoms. The molecule has 1 unspecified atom stereocenters. The zero-order valence-electron chi connectivity index (χ0n) is 13.3. The molecule has 0 aliphatic rings. The van der Waals surface area contributed by atoms with Crippen LogP contribution in [0.3, 0.4) is 0 Å². The summed E-state index contributed by atoms with van der Waals surface area (Å²) in [5.74, 6) is -0.636. The zero-order chi connectivity index (χ0) is 16.8. The maximum atomic E-state index is 12.8. The van der Waals surface area contributed by atoms with Crippen molar-refractivity contribution in [3.8, 4) is 5.75 Å². The quantitative estimate of drug-likeness (QED) is 0.648. The van der Waals surface area contributed by atoms with Crippen molar-refractivity contribution in [3.63, 3.8) is 0 Å². The Morgan fingerprint density at radius 3 is 2.39 bits per heavy atom. The van der Waals surface area contributed by atoms with E-state index in [4.69, 9.17) is 4.74 Å². The Morgan fingerprint density at radius 1 is 1.09 bits per heavy atom. The Labute approximate surface area is 135 Å². The minimum absolute atomic E-state index is 0.0196. The van der Waals surface area contributed by atoms with Crippen molar-refractivity contribution in [2.24, 2.45) is 0 Å². The van der Waals surface area contributed by atoms with Gasteiger partial charge in [-0.1, -0.05) is 25.5 Å². The van der Waals surface area contributed by atoms with Crippen LogP contribution in [-0.2, 0) is 4.74 Å². The van der Waals surface area contributed by atoms with Gasteiger partial charge < -0.3 is 9.84 Å². The molecule has 1 atom stereocenters. The molecule has 120 valence electrons. The fourth-order valence-electron chi connectivity index (χ4n) is 2.56. The summed E-state index contributed by atoms with van der Waals surface area (Å²) in [7, 11) is 1.33. The molecule has 0 aromatic heterocycles. The van der Waals surface area contributed by atoms with Crippen LogP contribution in [0.1, 0.15) is 52.0 Å². The lowest BCUT2D eigenvalue weighted by Gasteiger charge is -2.16. The molecular formula is C19H20O4. The normalized spacial score (nSPS) is 11.7. The lowest BCUT2D eigenvalue weighted by molar-refractivity contribution is 0.0600. The number of rotatable bonds is 6. The topological polar surface area (TPSA) is 63.6 Å². The number of phenolic OH excluding ortho intramolecular Hbond substituents is 1. The molecule has 0 spiro atoms. The van der Waals surface area contributed by atoms with Crippen molar-refractivity contribution >= 4 is 11.8 Å². The van der Waals surface area contributed by atoms with Crippen molar-refractivity contribution < 1.29 is 19.4 Å². The number of hydrogen-bond donors (Lipinski definition) is 1. The summed E-state index contributed by atoms with van der Waals surface area (Å²) < 4.78 is 4.74. The number of ether oxygens (including phenoxy) is 1. The van der Waals surface area contributed by atoms with Gasteiger partial charge in [0.15, 0.2) is 5.78 Å². The molecular weight excluding hydrogens is 292 g/mol. The Balaban J connectivity index is 2.36. The maximum Gasteiger partial charge on any atom is 0.337 e. The molecule has 0 aliphatic heterocycles. The summed E-state index contributed by atoms with van der Waals surface area (Å²) in [5, 5.41) is 9.36. The monoisotopic (exact) mass is 312 g/mol. The van der Waals surface area contributed by atoms with Crippen LogP contribution in [-0.4, -0.2) is 24.0 Å². The van der Waals surface area contributed by atoms with E-state index in [9.17, 15) is 14.7 Å². The molecule has 0 saturated carbocycles. The van der Waals surface area contributed by atoms with E-state index in [2.05, 4.69) is 0 Å². The minimum Gasteiger partial charge on any atom is -0.508 e. The SMILES string of the molecule is CCCC(C(=O)c1ccc(O)cc1)c1cccc(C(=O)OC)c1. The number of carbonyl (C=O) groups excluding carboxylic acids is 2. The van der Waals surface area contributed by atoms with Crippen molar-refractivity contribution in [1.29, 1.82) is 0 Å². The van der Waals surface area contributed by atoms with E-state index in [0.29, 0.717) is 17.5 Å². The number of methoxy groups -OCH3 is 1. The standard InChI is InChI=1S/C19H20O4/c1-3-5-17(18(21)13-8-10-16(20)11-9-13)14-6-4-7-15(12-14)19(22)23-2/h4,6-12,17,20H,3,5H2,1-2H3. The van der Waals surface area contributed by atoms with Gasteiger partial charge in [0.05, 0.1) is 12.7 Å². The number of esters is 1. The molecule has 0 saturated heterocycles. The van der Waals surface area contributed by atoms with Crippen LogP contribution in [0, 0.1) is 0 Å². The summed E-state index contributed by atoms with van der Waals surface area (Å²) in [6.45, 7) is 2.02. The third kappa shape index (κ3) is 3.97. The van der Waals surface area contributed by atoms with E-state index >= 15 is 0 Å². The lowest BCUT2D eigenvalue weighted by atomic mass is 9.86. The summed E-state index contributed by atoms with van der Waals surface area (Å²) in [4.78, 5) is 24.5. The fourth-order valence-corrected chi connectivity index (χ4v) is 2.56. The molecule has 2 aromatic rings. The van der Waals surface area contributed by atoms with E-state index in [-0.39, 0.29) is 17.5 Å². The molecule has 2 aromatic carbocycles. The van der Waals surface area contributed by atoms with Gasteiger partial charge in [-0.25, -0.2) is 4.79 Å². The first-order chi connectivity index (χ1) is 11.1. The molecule has 4 nitrogen and oxygen atoms in total. The van der Waals surface area contributed by atoms with Crippen molar-refractivity contribution in [2.75, 3.05) is 7.11 Å². The van der Waals surface area contributed by atoms with Crippen LogP contribution in [0.2, 0.25) is 0 Å². The van der Waals surface area contributed by atoms with Crippen LogP contribution in [0.15, 0.2) is 48.5 Å². The highest BCUT2D eigenvalue weighted by Crippen LogP contribution is 2.27. The van der Waals surface area contributed by atoms with Gasteiger partial charge in [-0.3, -0.25) is 4.79 Å². The number of hydrogen-bond acceptors (Lipinski definition) is 4. The number of carbonyl (C=O) groups is 2. The van der Waals surface area contributed by atoms with Gasteiger partial charge in [-0.05, 0) is 48.4 Å². The third-order valence-corrected chi connectivity index (χ3v) is 3.76. The minimum atomic E-state index is -0.417. The van der Waals surface area contributed by atoms with E-state index in [1.165, 1.54) is 19.2 Å². The van der Waals surface area contributed by atoms with Crippen LogP contribution >= 0.6 is 0 Å². The second-order valence-corrected chi connectivity index (χ2v) is 5.37. The Hall–Kier alpha value is -2.62. The highest BCUT2D eigenvalue weighted by Gasteiger charge is 2.22. The van der Waals surface area contributed by atoms with Crippen molar-refractivity contribution in [3.05, 3.63) is 65.2 Å². The maximum absolute atomic E-state index is 12.8. The summed E-state index contributed by atoms with van der Waals surface area (Å²) in [5.41, 5.74) is 1.78. The number of phenols is 1. The zero-order valence-corrected chi connectivity index (χ0v) is 13.3. The second-order valence-electron chi connectivity index (χ2n) is 5.37. The first-order valence-electron chi connectivity index (χ1n) is 7.58. The molecule has 0 radical (unpaired) electrons. The van der Waals surface area contributed by atoms with Gasteiger partial charge in [-0.15, -0.1) is 0 Å². The summed E-state index contributed by atoms with van der Waals surface area (Å²) in [6.07, 6.45) is 1.53. The predicted molar refractivity (Wildman–Crippen MR) is 87.9 cm³/mol. The number of ketones is 1. The molecule has 1 N–H and O–H groups in total. The predicted octanol–water partition coefficient (Wildman–Crippen LogP) is 3.95. The first kappa shape index (κ1) is 16.7. The van der Waals surface area contributed by atoms with Gasteiger partial charge in [0, 0.05) is 11.5 Å². The second kappa shape index (κ2) is 7.58. The Kier molecular flexibility index (Phi) is 5.52. The van der Waals surface area contributed by atoms with Gasteiger partial charge in [0.25, 0.3) is 0 Å². The average Bonchev–Trinajstić information content (AvgIpc) is 2.59. The number of Topliss-reactive ketones (excluding diaryl/α,β-unsaturated/α-hetero) is 1. The molecule has 0 amide bonds. The molecule has 4 heteroatoms. The van der Waals surface area contributed by atoms with E-state index in [1.54, 1.807) is 30.3 Å².